The summed E-state index contributed by atoms with van der Waals surface area (Å²) >= 11 is 0. The molecule has 0 radical (unpaired) electrons. The Bertz CT molecular complexity index is 450. The minimum Gasteiger partial charge on any atom is -0.396 e. The lowest BCUT2D eigenvalue weighted by Gasteiger charge is -2.38. The molecule has 0 bridgehead atoms. The van der Waals surface area contributed by atoms with Crippen molar-refractivity contribution in [3.8, 4) is 0 Å². The highest BCUT2D eigenvalue weighted by Crippen LogP contribution is 2.19. The quantitative estimate of drug-likeness (QED) is 0.827. The molecule has 2 N–H and O–H groups in total. The molecule has 1 aliphatic heterocycles. The molecule has 0 unspecified atom stereocenters. The Morgan fingerprint density at radius 2 is 1.94 bits per heavy atom. The zero-order chi connectivity index (χ0) is 13.1. The van der Waals surface area contributed by atoms with E-state index in [1.807, 2.05) is 0 Å². The third kappa shape index (κ3) is 2.68. The predicted octanol–water partition coefficient (Wildman–Crippen LogP) is 0.709. The smallest absolute Gasteiger partial charge is 0.253 e. The van der Waals surface area contributed by atoms with Crippen LogP contribution >= 0.6 is 0 Å². The van der Waals surface area contributed by atoms with Gasteiger partial charge in [-0.05, 0) is 24.3 Å². The van der Waals surface area contributed by atoms with Gasteiger partial charge >= 0.3 is 0 Å². The molecule has 0 aliphatic carbocycles. The minimum absolute atomic E-state index is 0.0333. The van der Waals surface area contributed by atoms with Gasteiger partial charge in [-0.15, -0.1) is 0 Å². The first-order valence-corrected chi connectivity index (χ1v) is 5.88. The first kappa shape index (κ1) is 12.6. The van der Waals surface area contributed by atoms with E-state index in [4.69, 9.17) is 5.11 Å². The fraction of sp³-hybridized carbons (Fsp3) is 0.385. The van der Waals surface area contributed by atoms with Crippen LogP contribution in [-0.4, -0.2) is 41.5 Å². The Labute approximate surface area is 105 Å². The van der Waals surface area contributed by atoms with Crippen molar-refractivity contribution >= 4 is 17.5 Å². The van der Waals surface area contributed by atoms with Gasteiger partial charge in [-0.25, -0.2) is 0 Å². The minimum atomic E-state index is -0.136. The molecule has 0 aromatic heterocycles. The summed E-state index contributed by atoms with van der Waals surface area (Å²) in [4.78, 5) is 24.5. The van der Waals surface area contributed by atoms with Crippen molar-refractivity contribution in [3.05, 3.63) is 29.8 Å². The van der Waals surface area contributed by atoms with Crippen LogP contribution in [0.2, 0.25) is 0 Å². The molecule has 1 saturated heterocycles. The van der Waals surface area contributed by atoms with E-state index in [1.54, 1.807) is 29.2 Å². The summed E-state index contributed by atoms with van der Waals surface area (Å²) in [5, 5.41) is 11.5. The topological polar surface area (TPSA) is 69.6 Å². The van der Waals surface area contributed by atoms with Gasteiger partial charge in [0.05, 0.1) is 0 Å². The first-order chi connectivity index (χ1) is 8.60. The second kappa shape index (κ2) is 5.18. The third-order valence-electron chi connectivity index (χ3n) is 2.95. The van der Waals surface area contributed by atoms with Crippen LogP contribution in [0.1, 0.15) is 17.3 Å². The monoisotopic (exact) mass is 248 g/mol. The average molecular weight is 248 g/mol. The van der Waals surface area contributed by atoms with Crippen LogP contribution in [0, 0.1) is 5.92 Å². The van der Waals surface area contributed by atoms with Crippen molar-refractivity contribution in [2.75, 3.05) is 25.0 Å². The van der Waals surface area contributed by atoms with Gasteiger partial charge in [0.15, 0.2) is 0 Å². The molecular weight excluding hydrogens is 232 g/mol. The van der Waals surface area contributed by atoms with E-state index in [1.165, 1.54) is 6.92 Å². The molecule has 5 heteroatoms. The lowest BCUT2D eigenvalue weighted by Crippen LogP contribution is -2.51. The molecule has 0 spiro atoms. The zero-order valence-electron chi connectivity index (χ0n) is 10.2. The molecular formula is C13H16N2O3. The summed E-state index contributed by atoms with van der Waals surface area (Å²) in [6.07, 6.45) is 0. The van der Waals surface area contributed by atoms with Gasteiger partial charge in [0.1, 0.15) is 0 Å². The van der Waals surface area contributed by atoms with E-state index < -0.39 is 0 Å². The lowest BCUT2D eigenvalue weighted by molar-refractivity contribution is -0.114. The number of benzene rings is 1. The zero-order valence-corrected chi connectivity index (χ0v) is 10.2. The highest BCUT2D eigenvalue weighted by molar-refractivity contribution is 5.95. The van der Waals surface area contributed by atoms with E-state index in [-0.39, 0.29) is 24.3 Å². The van der Waals surface area contributed by atoms with Gasteiger partial charge in [0, 0.05) is 43.8 Å². The molecule has 96 valence electrons. The molecule has 2 rings (SSSR count). The largest absolute Gasteiger partial charge is 0.396 e. The number of hydrogen-bond donors (Lipinski definition) is 2. The van der Waals surface area contributed by atoms with Gasteiger partial charge in [-0.1, -0.05) is 0 Å². The van der Waals surface area contributed by atoms with E-state index in [9.17, 15) is 9.59 Å². The molecule has 1 fully saturated rings. The molecule has 2 amide bonds. The normalized spacial score (nSPS) is 15.1. The second-order valence-corrected chi connectivity index (χ2v) is 4.52. The fourth-order valence-corrected chi connectivity index (χ4v) is 1.93. The molecule has 1 heterocycles. The number of hydrogen-bond acceptors (Lipinski definition) is 3. The number of nitrogens with one attached hydrogen (secondary N) is 1. The third-order valence-corrected chi connectivity index (χ3v) is 2.95. The summed E-state index contributed by atoms with van der Waals surface area (Å²) in [7, 11) is 0. The molecule has 0 atom stereocenters. The number of carbonyl (C=O) groups excluding carboxylic acids is 2. The van der Waals surface area contributed by atoms with E-state index in [0.29, 0.717) is 24.3 Å². The van der Waals surface area contributed by atoms with Crippen molar-refractivity contribution in [2.24, 2.45) is 5.92 Å². The molecule has 1 aliphatic rings. The summed E-state index contributed by atoms with van der Waals surface area (Å²) in [5.41, 5.74) is 1.27. The van der Waals surface area contributed by atoms with Crippen LogP contribution in [-0.2, 0) is 4.79 Å². The predicted molar refractivity (Wildman–Crippen MR) is 67.2 cm³/mol. The molecule has 1 aromatic carbocycles. The van der Waals surface area contributed by atoms with Crippen LogP contribution in [0.5, 0.6) is 0 Å². The van der Waals surface area contributed by atoms with Gasteiger partial charge in [0.25, 0.3) is 5.91 Å². The van der Waals surface area contributed by atoms with Crippen LogP contribution < -0.4 is 5.32 Å². The summed E-state index contributed by atoms with van der Waals surface area (Å²) < 4.78 is 0. The summed E-state index contributed by atoms with van der Waals surface area (Å²) in [5.74, 6) is 0.0456. The van der Waals surface area contributed by atoms with Gasteiger partial charge in [0.2, 0.25) is 5.91 Å². The number of aliphatic hydroxyl groups excluding tert-OH is 1. The van der Waals surface area contributed by atoms with Gasteiger partial charge < -0.3 is 15.3 Å². The van der Waals surface area contributed by atoms with Crippen LogP contribution in [0.3, 0.4) is 0 Å². The first-order valence-electron chi connectivity index (χ1n) is 5.88. The van der Waals surface area contributed by atoms with Crippen LogP contribution in [0.4, 0.5) is 5.69 Å². The van der Waals surface area contributed by atoms with Gasteiger partial charge in [-0.3, -0.25) is 9.59 Å². The Kier molecular flexibility index (Phi) is 3.62. The number of anilines is 1. The van der Waals surface area contributed by atoms with E-state index in [2.05, 4.69) is 5.32 Å². The highest BCUT2D eigenvalue weighted by atomic mass is 16.3. The van der Waals surface area contributed by atoms with Crippen molar-refractivity contribution in [1.29, 1.82) is 0 Å². The fourth-order valence-electron chi connectivity index (χ4n) is 1.93. The Balaban J connectivity index is 1.97. The van der Waals surface area contributed by atoms with Crippen molar-refractivity contribution in [3.63, 3.8) is 0 Å². The van der Waals surface area contributed by atoms with E-state index >= 15 is 0 Å². The SMILES string of the molecule is CC(=O)Nc1ccc(C(=O)N2CC(CO)C2)cc1. The number of carbonyl (C=O) groups is 2. The van der Waals surface area contributed by atoms with E-state index in [0.717, 1.165) is 0 Å². The van der Waals surface area contributed by atoms with Crippen molar-refractivity contribution in [1.82, 2.24) is 4.90 Å². The molecule has 5 nitrogen and oxygen atoms in total. The van der Waals surface area contributed by atoms with Gasteiger partial charge in [-0.2, -0.15) is 0 Å². The summed E-state index contributed by atoms with van der Waals surface area (Å²) in [6.45, 7) is 2.80. The number of amides is 2. The maximum atomic E-state index is 12.0. The van der Waals surface area contributed by atoms with Crippen LogP contribution in [0.15, 0.2) is 24.3 Å². The lowest BCUT2D eigenvalue weighted by atomic mass is 10.00. The molecule has 18 heavy (non-hydrogen) atoms. The van der Waals surface area contributed by atoms with Crippen molar-refractivity contribution in [2.45, 2.75) is 6.92 Å². The number of nitrogens with zero attached hydrogens (tertiary/aromatic N) is 1. The maximum absolute atomic E-state index is 12.0. The second-order valence-electron chi connectivity index (χ2n) is 4.52. The molecule has 0 saturated carbocycles. The van der Waals surface area contributed by atoms with Crippen molar-refractivity contribution < 1.29 is 14.7 Å². The Morgan fingerprint density at radius 3 is 2.44 bits per heavy atom. The maximum Gasteiger partial charge on any atom is 0.253 e. The Morgan fingerprint density at radius 1 is 1.33 bits per heavy atom. The highest BCUT2D eigenvalue weighted by Gasteiger charge is 2.30. The number of aliphatic hydroxyl groups is 1. The summed E-state index contributed by atoms with van der Waals surface area (Å²) in [6, 6.07) is 6.80. The molecule has 1 aromatic rings. The standard InChI is InChI=1S/C13H16N2O3/c1-9(17)14-12-4-2-11(3-5-12)13(18)15-6-10(7-15)8-16/h2-5,10,16H,6-8H2,1H3,(H,14,17). The van der Waals surface area contributed by atoms with Crippen LogP contribution in [0.25, 0.3) is 0 Å². The average Bonchev–Trinajstić information content (AvgIpc) is 2.27. The number of likely N-dealkylation sites (tertiary alicyclic amines) is 1. The Hall–Kier alpha value is -1.88. The number of rotatable bonds is 3.